The van der Waals surface area contributed by atoms with Crippen LogP contribution in [0, 0.1) is 0 Å². The standard InChI is InChI=1S/C9H15NO2/c1-3-12-7-10-5-4-9(6-10)8(2)11/h4-6,8,11H,3,7H2,1-2H3. The van der Waals surface area contributed by atoms with Gasteiger partial charge in [0, 0.05) is 19.0 Å². The van der Waals surface area contributed by atoms with Crippen molar-refractivity contribution in [3.63, 3.8) is 0 Å². The van der Waals surface area contributed by atoms with Crippen molar-refractivity contribution in [3.05, 3.63) is 24.0 Å². The minimum Gasteiger partial charge on any atom is -0.389 e. The molecule has 1 unspecified atom stereocenters. The van der Waals surface area contributed by atoms with Crippen molar-refractivity contribution >= 4 is 0 Å². The second kappa shape index (κ2) is 4.28. The molecule has 0 aliphatic rings. The summed E-state index contributed by atoms with van der Waals surface area (Å²) in [5.74, 6) is 0. The van der Waals surface area contributed by atoms with Crippen molar-refractivity contribution in [2.45, 2.75) is 26.7 Å². The number of hydrogen-bond donors (Lipinski definition) is 1. The van der Waals surface area contributed by atoms with Gasteiger partial charge < -0.3 is 14.4 Å². The fourth-order valence-electron chi connectivity index (χ4n) is 0.983. The second-order valence-corrected chi connectivity index (χ2v) is 2.76. The number of nitrogens with zero attached hydrogens (tertiary/aromatic N) is 1. The topological polar surface area (TPSA) is 34.4 Å². The van der Waals surface area contributed by atoms with Crippen molar-refractivity contribution in [3.8, 4) is 0 Å². The van der Waals surface area contributed by atoms with Gasteiger partial charge in [-0.2, -0.15) is 0 Å². The molecule has 0 bridgehead atoms. The molecule has 1 atom stereocenters. The van der Waals surface area contributed by atoms with E-state index in [1.165, 1.54) is 0 Å². The molecule has 0 fully saturated rings. The molecule has 1 aromatic rings. The number of hydrogen-bond acceptors (Lipinski definition) is 2. The first-order valence-corrected chi connectivity index (χ1v) is 4.15. The predicted octanol–water partition coefficient (Wildman–Crippen LogP) is 1.54. The maximum absolute atomic E-state index is 9.21. The Kier molecular flexibility index (Phi) is 3.31. The Bertz CT molecular complexity index is 230. The third-order valence-corrected chi connectivity index (χ3v) is 1.70. The van der Waals surface area contributed by atoms with Crippen LogP contribution in [0.3, 0.4) is 0 Å². The molecule has 0 amide bonds. The van der Waals surface area contributed by atoms with Gasteiger partial charge in [0.05, 0.1) is 6.10 Å². The van der Waals surface area contributed by atoms with E-state index in [0.717, 1.165) is 5.56 Å². The molecule has 0 spiro atoms. The van der Waals surface area contributed by atoms with Crippen molar-refractivity contribution in [2.75, 3.05) is 6.61 Å². The summed E-state index contributed by atoms with van der Waals surface area (Å²) in [5.41, 5.74) is 0.926. The van der Waals surface area contributed by atoms with Crippen LogP contribution in [0.25, 0.3) is 0 Å². The van der Waals surface area contributed by atoms with Crippen LogP contribution in [0.2, 0.25) is 0 Å². The number of aliphatic hydroxyl groups is 1. The summed E-state index contributed by atoms with van der Waals surface area (Å²) >= 11 is 0. The van der Waals surface area contributed by atoms with E-state index < -0.39 is 6.10 Å². The Morgan fingerprint density at radius 1 is 1.67 bits per heavy atom. The van der Waals surface area contributed by atoms with Gasteiger partial charge in [0.1, 0.15) is 6.73 Å². The van der Waals surface area contributed by atoms with Gasteiger partial charge in [-0.25, -0.2) is 0 Å². The summed E-state index contributed by atoms with van der Waals surface area (Å²) in [7, 11) is 0. The Morgan fingerprint density at radius 2 is 2.42 bits per heavy atom. The Morgan fingerprint density at radius 3 is 2.92 bits per heavy atom. The van der Waals surface area contributed by atoms with Gasteiger partial charge in [0.2, 0.25) is 0 Å². The Labute approximate surface area is 72.6 Å². The molecule has 3 heteroatoms. The lowest BCUT2D eigenvalue weighted by Gasteiger charge is -2.02. The quantitative estimate of drug-likeness (QED) is 0.741. The number of aromatic nitrogens is 1. The van der Waals surface area contributed by atoms with E-state index >= 15 is 0 Å². The van der Waals surface area contributed by atoms with Crippen LogP contribution in [0.4, 0.5) is 0 Å². The van der Waals surface area contributed by atoms with Crippen molar-refractivity contribution in [1.29, 1.82) is 0 Å². The lowest BCUT2D eigenvalue weighted by Crippen LogP contribution is -1.99. The summed E-state index contributed by atoms with van der Waals surface area (Å²) in [6, 6.07) is 1.89. The normalized spacial score (nSPS) is 13.2. The first-order valence-electron chi connectivity index (χ1n) is 4.15. The van der Waals surface area contributed by atoms with Crippen LogP contribution in [0.15, 0.2) is 18.5 Å². The highest BCUT2D eigenvalue weighted by Crippen LogP contribution is 2.11. The monoisotopic (exact) mass is 169 g/mol. The molecule has 0 aliphatic heterocycles. The summed E-state index contributed by atoms with van der Waals surface area (Å²) < 4.78 is 7.10. The second-order valence-electron chi connectivity index (χ2n) is 2.76. The first kappa shape index (κ1) is 9.29. The van der Waals surface area contributed by atoms with E-state index in [9.17, 15) is 5.11 Å². The SMILES string of the molecule is CCOCn1ccc(C(C)O)c1. The van der Waals surface area contributed by atoms with E-state index in [1.807, 2.05) is 30.0 Å². The average Bonchev–Trinajstić information content (AvgIpc) is 2.48. The molecule has 1 aromatic heterocycles. The molecule has 0 saturated heterocycles. The molecule has 1 heterocycles. The molecule has 1 rings (SSSR count). The Balaban J connectivity index is 2.52. The number of ether oxygens (including phenoxy) is 1. The van der Waals surface area contributed by atoms with Gasteiger partial charge in [-0.1, -0.05) is 0 Å². The van der Waals surface area contributed by atoms with Gasteiger partial charge >= 0.3 is 0 Å². The molecule has 1 N–H and O–H groups in total. The molecule has 68 valence electrons. The smallest absolute Gasteiger partial charge is 0.122 e. The highest BCUT2D eigenvalue weighted by atomic mass is 16.5. The molecule has 0 saturated carbocycles. The van der Waals surface area contributed by atoms with Crippen LogP contribution in [-0.4, -0.2) is 16.3 Å². The lowest BCUT2D eigenvalue weighted by molar-refractivity contribution is 0.0877. The zero-order valence-electron chi connectivity index (χ0n) is 7.53. The van der Waals surface area contributed by atoms with Crippen LogP contribution in [0.5, 0.6) is 0 Å². The lowest BCUT2D eigenvalue weighted by atomic mass is 10.2. The molecule has 0 radical (unpaired) electrons. The zero-order valence-corrected chi connectivity index (χ0v) is 7.53. The summed E-state index contributed by atoms with van der Waals surface area (Å²) in [5, 5.41) is 9.21. The van der Waals surface area contributed by atoms with E-state index in [4.69, 9.17) is 4.74 Å². The third kappa shape index (κ3) is 2.36. The van der Waals surface area contributed by atoms with Crippen LogP contribution in [0.1, 0.15) is 25.5 Å². The van der Waals surface area contributed by atoms with E-state index in [-0.39, 0.29) is 0 Å². The van der Waals surface area contributed by atoms with Crippen LogP contribution < -0.4 is 0 Å². The molecule has 3 nitrogen and oxygen atoms in total. The Hall–Kier alpha value is -0.800. The number of rotatable bonds is 4. The van der Waals surface area contributed by atoms with Gasteiger partial charge in [-0.3, -0.25) is 0 Å². The van der Waals surface area contributed by atoms with Gasteiger partial charge in [-0.15, -0.1) is 0 Å². The van der Waals surface area contributed by atoms with Gasteiger partial charge in [0.15, 0.2) is 0 Å². The highest BCUT2D eigenvalue weighted by molar-refractivity contribution is 5.12. The molecule has 0 aliphatic carbocycles. The van der Waals surface area contributed by atoms with Crippen molar-refractivity contribution in [1.82, 2.24) is 4.57 Å². The fraction of sp³-hybridized carbons (Fsp3) is 0.556. The largest absolute Gasteiger partial charge is 0.389 e. The maximum Gasteiger partial charge on any atom is 0.122 e. The maximum atomic E-state index is 9.21. The van der Waals surface area contributed by atoms with Crippen molar-refractivity contribution < 1.29 is 9.84 Å². The van der Waals surface area contributed by atoms with E-state index in [0.29, 0.717) is 13.3 Å². The minimum atomic E-state index is -0.395. The summed E-state index contributed by atoms with van der Waals surface area (Å²) in [4.78, 5) is 0. The van der Waals surface area contributed by atoms with E-state index in [1.54, 1.807) is 6.92 Å². The van der Waals surface area contributed by atoms with Crippen molar-refractivity contribution in [2.24, 2.45) is 0 Å². The predicted molar refractivity (Wildman–Crippen MR) is 46.7 cm³/mol. The van der Waals surface area contributed by atoms with Crippen LogP contribution in [-0.2, 0) is 11.5 Å². The van der Waals surface area contributed by atoms with E-state index in [2.05, 4.69) is 0 Å². The average molecular weight is 169 g/mol. The van der Waals surface area contributed by atoms with Gasteiger partial charge in [-0.05, 0) is 25.5 Å². The summed E-state index contributed by atoms with van der Waals surface area (Å²) in [6.07, 6.45) is 3.39. The molecule has 12 heavy (non-hydrogen) atoms. The first-order chi connectivity index (χ1) is 5.74. The third-order valence-electron chi connectivity index (χ3n) is 1.70. The van der Waals surface area contributed by atoms with Crippen LogP contribution >= 0.6 is 0 Å². The fourth-order valence-corrected chi connectivity index (χ4v) is 0.983. The summed E-state index contributed by atoms with van der Waals surface area (Å²) in [6.45, 7) is 4.98. The minimum absolute atomic E-state index is 0.395. The van der Waals surface area contributed by atoms with Gasteiger partial charge in [0.25, 0.3) is 0 Å². The number of aliphatic hydroxyl groups excluding tert-OH is 1. The molecule has 0 aromatic carbocycles. The zero-order chi connectivity index (χ0) is 8.97. The molecular formula is C9H15NO2. The molecular weight excluding hydrogens is 154 g/mol. The highest BCUT2D eigenvalue weighted by Gasteiger charge is 2.01.